The van der Waals surface area contributed by atoms with Crippen LogP contribution >= 0.6 is 11.8 Å². The molecule has 0 amide bonds. The predicted octanol–water partition coefficient (Wildman–Crippen LogP) is 2.82. The highest BCUT2D eigenvalue weighted by molar-refractivity contribution is 7.99. The quantitative estimate of drug-likeness (QED) is 0.781. The molecule has 0 radical (unpaired) electrons. The fraction of sp³-hybridized carbons (Fsp3) is 0.933. The van der Waals surface area contributed by atoms with Crippen molar-refractivity contribution in [2.75, 3.05) is 24.7 Å². The highest BCUT2D eigenvalue weighted by atomic mass is 32.2. The summed E-state index contributed by atoms with van der Waals surface area (Å²) in [5.74, 6) is 2.73. The van der Waals surface area contributed by atoms with Crippen molar-refractivity contribution in [1.29, 1.82) is 0 Å². The lowest BCUT2D eigenvalue weighted by atomic mass is 9.76. The number of ether oxygens (including phenoxy) is 2. The van der Waals surface area contributed by atoms with Gasteiger partial charge in [0.15, 0.2) is 5.78 Å². The SMILES string of the molecule is CC1(C(=O)C2CCOC3(CCSC3)C2)CCCCO1. The molecule has 1 spiro atoms. The van der Waals surface area contributed by atoms with Crippen LogP contribution in [0.25, 0.3) is 0 Å². The normalized spacial score (nSPS) is 43.5. The Morgan fingerprint density at radius 1 is 1.21 bits per heavy atom. The van der Waals surface area contributed by atoms with E-state index >= 15 is 0 Å². The summed E-state index contributed by atoms with van der Waals surface area (Å²) >= 11 is 1.96. The molecule has 3 nitrogen and oxygen atoms in total. The Labute approximate surface area is 119 Å². The van der Waals surface area contributed by atoms with Gasteiger partial charge in [-0.1, -0.05) is 0 Å². The minimum absolute atomic E-state index is 0.00568. The highest BCUT2D eigenvalue weighted by Crippen LogP contribution is 2.42. The number of hydrogen-bond donors (Lipinski definition) is 0. The molecular weight excluding hydrogens is 260 g/mol. The van der Waals surface area contributed by atoms with E-state index in [1.807, 2.05) is 18.7 Å². The number of carbonyl (C=O) groups is 1. The molecule has 3 aliphatic heterocycles. The highest BCUT2D eigenvalue weighted by Gasteiger charge is 2.47. The summed E-state index contributed by atoms with van der Waals surface area (Å²) in [6.45, 7) is 3.49. The summed E-state index contributed by atoms with van der Waals surface area (Å²) in [5.41, 5.74) is -0.526. The molecule has 0 aromatic rings. The van der Waals surface area contributed by atoms with Gasteiger partial charge in [0.1, 0.15) is 5.60 Å². The van der Waals surface area contributed by atoms with Gasteiger partial charge in [0.2, 0.25) is 0 Å². The standard InChI is InChI=1S/C15H24O3S/c1-14(5-2-3-7-17-14)13(16)12-4-8-18-15(10-12)6-9-19-11-15/h12H,2-11H2,1H3. The van der Waals surface area contributed by atoms with Crippen LogP contribution in [0.5, 0.6) is 0 Å². The third-order valence-corrected chi connectivity index (χ3v) is 6.14. The summed E-state index contributed by atoms with van der Waals surface area (Å²) in [5, 5.41) is 0. The molecule has 19 heavy (non-hydrogen) atoms. The Kier molecular flexibility index (Phi) is 3.93. The van der Waals surface area contributed by atoms with E-state index in [9.17, 15) is 4.79 Å². The second-order valence-electron chi connectivity index (χ2n) is 6.42. The van der Waals surface area contributed by atoms with Crippen LogP contribution in [0.4, 0.5) is 0 Å². The maximum absolute atomic E-state index is 12.8. The minimum atomic E-state index is -0.521. The van der Waals surface area contributed by atoms with Crippen LogP contribution in [0.15, 0.2) is 0 Å². The van der Waals surface area contributed by atoms with E-state index in [2.05, 4.69) is 0 Å². The summed E-state index contributed by atoms with van der Waals surface area (Å²) < 4.78 is 11.8. The average molecular weight is 284 g/mol. The third-order valence-electron chi connectivity index (χ3n) is 4.92. The van der Waals surface area contributed by atoms with Crippen molar-refractivity contribution in [1.82, 2.24) is 0 Å². The zero-order chi connectivity index (χ0) is 13.3. The van der Waals surface area contributed by atoms with Gasteiger partial charge in [0, 0.05) is 24.9 Å². The molecule has 0 aromatic heterocycles. The Morgan fingerprint density at radius 2 is 2.11 bits per heavy atom. The molecule has 3 atom stereocenters. The number of ketones is 1. The second kappa shape index (κ2) is 5.38. The van der Waals surface area contributed by atoms with Crippen molar-refractivity contribution in [2.45, 2.75) is 56.7 Å². The van der Waals surface area contributed by atoms with Crippen LogP contribution in [0.3, 0.4) is 0 Å². The molecule has 3 saturated heterocycles. The molecule has 0 aliphatic carbocycles. The lowest BCUT2D eigenvalue weighted by molar-refractivity contribution is -0.161. The first-order valence-electron chi connectivity index (χ1n) is 7.54. The Morgan fingerprint density at radius 3 is 2.79 bits per heavy atom. The number of hydrogen-bond acceptors (Lipinski definition) is 4. The van der Waals surface area contributed by atoms with Gasteiger partial charge in [0.25, 0.3) is 0 Å². The molecule has 3 fully saturated rings. The van der Waals surface area contributed by atoms with Crippen LogP contribution in [-0.2, 0) is 14.3 Å². The van der Waals surface area contributed by atoms with Crippen molar-refractivity contribution >= 4 is 17.5 Å². The van der Waals surface area contributed by atoms with E-state index in [0.717, 1.165) is 57.5 Å². The lowest BCUT2D eigenvalue weighted by Crippen LogP contribution is -2.50. The molecule has 0 bridgehead atoms. The average Bonchev–Trinajstić information content (AvgIpc) is 2.87. The first kappa shape index (κ1) is 13.9. The van der Waals surface area contributed by atoms with Gasteiger partial charge in [-0.05, 0) is 51.2 Å². The molecule has 3 rings (SSSR count). The van der Waals surface area contributed by atoms with Crippen molar-refractivity contribution < 1.29 is 14.3 Å². The molecule has 3 unspecified atom stereocenters. The van der Waals surface area contributed by atoms with Gasteiger partial charge in [0.05, 0.1) is 5.60 Å². The van der Waals surface area contributed by atoms with Gasteiger partial charge < -0.3 is 9.47 Å². The number of thioether (sulfide) groups is 1. The fourth-order valence-corrected chi connectivity index (χ4v) is 5.05. The topological polar surface area (TPSA) is 35.5 Å². The summed E-state index contributed by atoms with van der Waals surface area (Å²) in [4.78, 5) is 12.8. The molecule has 0 N–H and O–H groups in total. The smallest absolute Gasteiger partial charge is 0.167 e. The molecule has 3 aliphatic rings. The monoisotopic (exact) mass is 284 g/mol. The van der Waals surface area contributed by atoms with Crippen molar-refractivity contribution in [2.24, 2.45) is 5.92 Å². The van der Waals surface area contributed by atoms with Gasteiger partial charge in [-0.15, -0.1) is 0 Å². The Bertz CT molecular complexity index is 343. The third kappa shape index (κ3) is 2.72. The number of carbonyl (C=O) groups excluding carboxylic acids is 1. The number of Topliss-reactive ketones (excluding diaryl/α,β-unsaturated/α-hetero) is 1. The largest absolute Gasteiger partial charge is 0.374 e. The number of rotatable bonds is 2. The van der Waals surface area contributed by atoms with E-state index in [0.29, 0.717) is 5.78 Å². The molecular formula is C15H24O3S. The molecule has 3 heterocycles. The molecule has 0 aromatic carbocycles. The van der Waals surface area contributed by atoms with Crippen LogP contribution < -0.4 is 0 Å². The summed E-state index contributed by atoms with van der Waals surface area (Å²) in [7, 11) is 0. The molecule has 4 heteroatoms. The van der Waals surface area contributed by atoms with Gasteiger partial charge in [-0.2, -0.15) is 11.8 Å². The summed E-state index contributed by atoms with van der Waals surface area (Å²) in [6.07, 6.45) is 6.01. The van der Waals surface area contributed by atoms with E-state index in [4.69, 9.17) is 9.47 Å². The van der Waals surface area contributed by atoms with Crippen molar-refractivity contribution in [3.63, 3.8) is 0 Å². The van der Waals surface area contributed by atoms with E-state index in [1.54, 1.807) is 0 Å². The van der Waals surface area contributed by atoms with E-state index in [-0.39, 0.29) is 11.5 Å². The van der Waals surface area contributed by atoms with Gasteiger partial charge in [-0.3, -0.25) is 4.79 Å². The van der Waals surface area contributed by atoms with Crippen LogP contribution in [-0.4, -0.2) is 41.7 Å². The first-order chi connectivity index (χ1) is 9.14. The van der Waals surface area contributed by atoms with Crippen LogP contribution in [0.2, 0.25) is 0 Å². The van der Waals surface area contributed by atoms with Crippen molar-refractivity contribution in [3.8, 4) is 0 Å². The van der Waals surface area contributed by atoms with Crippen molar-refractivity contribution in [3.05, 3.63) is 0 Å². The van der Waals surface area contributed by atoms with E-state index < -0.39 is 5.60 Å². The maximum atomic E-state index is 12.8. The minimum Gasteiger partial charge on any atom is -0.374 e. The predicted molar refractivity (Wildman–Crippen MR) is 76.6 cm³/mol. The van der Waals surface area contributed by atoms with Crippen LogP contribution in [0.1, 0.15) is 45.4 Å². The zero-order valence-corrected chi connectivity index (χ0v) is 12.6. The van der Waals surface area contributed by atoms with Crippen LogP contribution in [0, 0.1) is 5.92 Å². The summed E-state index contributed by atoms with van der Waals surface area (Å²) in [6, 6.07) is 0. The van der Waals surface area contributed by atoms with E-state index in [1.165, 1.54) is 5.75 Å². The van der Waals surface area contributed by atoms with Gasteiger partial charge in [-0.25, -0.2) is 0 Å². The first-order valence-corrected chi connectivity index (χ1v) is 8.69. The fourth-order valence-electron chi connectivity index (χ4n) is 3.67. The zero-order valence-electron chi connectivity index (χ0n) is 11.8. The second-order valence-corrected chi connectivity index (χ2v) is 7.53. The Hall–Kier alpha value is -0.0600. The molecule has 108 valence electrons. The maximum Gasteiger partial charge on any atom is 0.167 e. The van der Waals surface area contributed by atoms with Gasteiger partial charge >= 0.3 is 0 Å². The Balaban J connectivity index is 1.69. The lowest BCUT2D eigenvalue weighted by Gasteiger charge is -2.41. The molecule has 0 saturated carbocycles.